The molecule has 0 fully saturated rings. The molecule has 0 aliphatic carbocycles. The van der Waals surface area contributed by atoms with Crippen molar-refractivity contribution >= 4 is 5.91 Å². The molecule has 0 radical (unpaired) electrons. The van der Waals surface area contributed by atoms with Crippen molar-refractivity contribution in [3.63, 3.8) is 0 Å². The number of amides is 1. The summed E-state index contributed by atoms with van der Waals surface area (Å²) < 4.78 is 0. The van der Waals surface area contributed by atoms with Crippen LogP contribution in [0.1, 0.15) is 33.1 Å². The Morgan fingerprint density at radius 1 is 1.50 bits per heavy atom. The van der Waals surface area contributed by atoms with E-state index in [-0.39, 0.29) is 5.91 Å². The minimum Gasteiger partial charge on any atom is -0.332 e. The van der Waals surface area contributed by atoms with Crippen LogP contribution in [-0.4, -0.2) is 23.9 Å². The molecule has 1 amide bonds. The third-order valence-corrected chi connectivity index (χ3v) is 1.76. The maximum atomic E-state index is 11.4. The average Bonchev–Trinajstić information content (AvgIpc) is 2.10. The lowest BCUT2D eigenvalue weighted by Gasteiger charge is -2.17. The molecule has 0 bridgehead atoms. The van der Waals surface area contributed by atoms with E-state index in [9.17, 15) is 4.79 Å². The SMILES string of the molecule is C#CCN(CC)C(=O)CCCC. The summed E-state index contributed by atoms with van der Waals surface area (Å²) in [5, 5.41) is 0. The second kappa shape index (κ2) is 6.72. The second-order valence-electron chi connectivity index (χ2n) is 2.72. The van der Waals surface area contributed by atoms with E-state index >= 15 is 0 Å². The summed E-state index contributed by atoms with van der Waals surface area (Å²) in [5.41, 5.74) is 0. The number of nitrogens with zero attached hydrogens (tertiary/aromatic N) is 1. The predicted molar refractivity (Wildman–Crippen MR) is 50.6 cm³/mol. The molecule has 0 heterocycles. The van der Waals surface area contributed by atoms with Gasteiger partial charge in [-0.2, -0.15) is 0 Å². The van der Waals surface area contributed by atoms with Gasteiger partial charge >= 0.3 is 0 Å². The Kier molecular flexibility index (Phi) is 6.18. The standard InChI is InChI=1S/C10H17NO/c1-4-7-8-10(12)11(6-3)9-5-2/h2H,4,6-9H2,1,3H3. The van der Waals surface area contributed by atoms with Gasteiger partial charge in [-0.3, -0.25) is 4.79 Å². The van der Waals surface area contributed by atoms with Gasteiger partial charge in [-0.25, -0.2) is 0 Å². The van der Waals surface area contributed by atoms with Crippen LogP contribution in [0.2, 0.25) is 0 Å². The highest BCUT2D eigenvalue weighted by Crippen LogP contribution is 1.99. The van der Waals surface area contributed by atoms with Crippen molar-refractivity contribution < 1.29 is 4.79 Å². The molecule has 0 aliphatic rings. The van der Waals surface area contributed by atoms with Crippen LogP contribution >= 0.6 is 0 Å². The van der Waals surface area contributed by atoms with Crippen molar-refractivity contribution in [1.82, 2.24) is 4.90 Å². The zero-order valence-corrected chi connectivity index (χ0v) is 7.97. The first kappa shape index (κ1) is 11.0. The average molecular weight is 167 g/mol. The molecular weight excluding hydrogens is 150 g/mol. The van der Waals surface area contributed by atoms with Crippen molar-refractivity contribution in [3.8, 4) is 12.3 Å². The first-order valence-corrected chi connectivity index (χ1v) is 4.47. The Balaban J connectivity index is 3.79. The van der Waals surface area contributed by atoms with Crippen molar-refractivity contribution in [2.24, 2.45) is 0 Å². The molecule has 68 valence electrons. The van der Waals surface area contributed by atoms with Gasteiger partial charge in [0.1, 0.15) is 0 Å². The smallest absolute Gasteiger partial charge is 0.223 e. The third-order valence-electron chi connectivity index (χ3n) is 1.76. The number of terminal acetylenes is 1. The van der Waals surface area contributed by atoms with Crippen LogP contribution in [0.3, 0.4) is 0 Å². The molecular formula is C10H17NO. The summed E-state index contributed by atoms with van der Waals surface area (Å²) in [6.45, 7) is 5.18. The van der Waals surface area contributed by atoms with Crippen molar-refractivity contribution in [2.75, 3.05) is 13.1 Å². The number of rotatable bonds is 5. The predicted octanol–water partition coefficient (Wildman–Crippen LogP) is 1.66. The fourth-order valence-electron chi connectivity index (χ4n) is 0.973. The van der Waals surface area contributed by atoms with Gasteiger partial charge in [0.2, 0.25) is 5.91 Å². The normalized spacial score (nSPS) is 9.08. The molecule has 2 nitrogen and oxygen atoms in total. The Labute approximate surface area is 74.9 Å². The minimum absolute atomic E-state index is 0.178. The molecule has 0 N–H and O–H groups in total. The molecule has 0 aliphatic heterocycles. The van der Waals surface area contributed by atoms with E-state index in [2.05, 4.69) is 12.8 Å². The fourth-order valence-corrected chi connectivity index (χ4v) is 0.973. The molecule has 0 atom stereocenters. The molecule has 2 heteroatoms. The maximum absolute atomic E-state index is 11.4. The lowest BCUT2D eigenvalue weighted by Crippen LogP contribution is -2.30. The van der Waals surface area contributed by atoms with Gasteiger partial charge < -0.3 is 4.90 Å². The van der Waals surface area contributed by atoms with Crippen LogP contribution in [0.25, 0.3) is 0 Å². The summed E-state index contributed by atoms with van der Waals surface area (Å²) >= 11 is 0. The first-order chi connectivity index (χ1) is 5.76. The van der Waals surface area contributed by atoms with Crippen molar-refractivity contribution in [3.05, 3.63) is 0 Å². The molecule has 0 saturated carbocycles. The molecule has 12 heavy (non-hydrogen) atoms. The topological polar surface area (TPSA) is 20.3 Å². The molecule has 0 unspecified atom stereocenters. The monoisotopic (exact) mass is 167 g/mol. The molecule has 0 saturated heterocycles. The van der Waals surface area contributed by atoms with Crippen LogP contribution in [0, 0.1) is 12.3 Å². The van der Waals surface area contributed by atoms with Crippen molar-refractivity contribution in [2.45, 2.75) is 33.1 Å². The van der Waals surface area contributed by atoms with Crippen LogP contribution in [0.4, 0.5) is 0 Å². The van der Waals surface area contributed by atoms with Crippen LogP contribution in [0.15, 0.2) is 0 Å². The van der Waals surface area contributed by atoms with Gasteiger partial charge in [-0.05, 0) is 13.3 Å². The highest BCUT2D eigenvalue weighted by molar-refractivity contribution is 5.76. The molecule has 0 rings (SSSR count). The highest BCUT2D eigenvalue weighted by atomic mass is 16.2. The zero-order chi connectivity index (χ0) is 9.40. The van der Waals surface area contributed by atoms with E-state index in [4.69, 9.17) is 6.42 Å². The van der Waals surface area contributed by atoms with E-state index in [1.807, 2.05) is 6.92 Å². The second-order valence-corrected chi connectivity index (χ2v) is 2.72. The van der Waals surface area contributed by atoms with Gasteiger partial charge in [-0.15, -0.1) is 6.42 Å². The Morgan fingerprint density at radius 3 is 2.58 bits per heavy atom. The largest absolute Gasteiger partial charge is 0.332 e. The highest BCUT2D eigenvalue weighted by Gasteiger charge is 2.08. The fraction of sp³-hybridized carbons (Fsp3) is 0.700. The number of carbonyl (C=O) groups excluding carboxylic acids is 1. The summed E-state index contributed by atoms with van der Waals surface area (Å²) in [7, 11) is 0. The van der Waals surface area contributed by atoms with Gasteiger partial charge in [0.05, 0.1) is 6.54 Å². The van der Waals surface area contributed by atoms with Crippen molar-refractivity contribution in [1.29, 1.82) is 0 Å². The molecule has 0 aromatic rings. The summed E-state index contributed by atoms with van der Waals surface area (Å²) in [4.78, 5) is 13.1. The van der Waals surface area contributed by atoms with Gasteiger partial charge in [0, 0.05) is 13.0 Å². The number of hydrogen-bond acceptors (Lipinski definition) is 1. The van der Waals surface area contributed by atoms with Crippen LogP contribution in [0.5, 0.6) is 0 Å². The number of carbonyl (C=O) groups is 1. The summed E-state index contributed by atoms with van der Waals surface area (Å²) in [6.07, 6.45) is 7.77. The number of unbranched alkanes of at least 4 members (excludes halogenated alkanes) is 1. The summed E-state index contributed by atoms with van der Waals surface area (Å²) in [5.74, 6) is 2.66. The Bertz CT molecular complexity index is 169. The molecule has 0 aromatic carbocycles. The van der Waals surface area contributed by atoms with Gasteiger partial charge in [0.25, 0.3) is 0 Å². The lowest BCUT2D eigenvalue weighted by atomic mass is 10.2. The van der Waals surface area contributed by atoms with E-state index in [1.54, 1.807) is 4.90 Å². The van der Waals surface area contributed by atoms with Crippen LogP contribution < -0.4 is 0 Å². The lowest BCUT2D eigenvalue weighted by molar-refractivity contribution is -0.130. The van der Waals surface area contributed by atoms with E-state index in [0.29, 0.717) is 19.5 Å². The Hall–Kier alpha value is -0.970. The van der Waals surface area contributed by atoms with E-state index in [0.717, 1.165) is 12.8 Å². The van der Waals surface area contributed by atoms with E-state index in [1.165, 1.54) is 0 Å². The Morgan fingerprint density at radius 2 is 2.17 bits per heavy atom. The maximum Gasteiger partial charge on any atom is 0.223 e. The minimum atomic E-state index is 0.178. The quantitative estimate of drug-likeness (QED) is 0.570. The third kappa shape index (κ3) is 4.02. The first-order valence-electron chi connectivity index (χ1n) is 4.47. The van der Waals surface area contributed by atoms with E-state index < -0.39 is 0 Å². The summed E-state index contributed by atoms with van der Waals surface area (Å²) in [6, 6.07) is 0. The molecule has 0 aromatic heterocycles. The van der Waals surface area contributed by atoms with Crippen LogP contribution in [-0.2, 0) is 4.79 Å². The molecule has 0 spiro atoms. The zero-order valence-electron chi connectivity index (χ0n) is 7.97. The number of hydrogen-bond donors (Lipinski definition) is 0. The van der Waals surface area contributed by atoms with Gasteiger partial charge in [0.15, 0.2) is 0 Å². The van der Waals surface area contributed by atoms with Gasteiger partial charge in [-0.1, -0.05) is 19.3 Å².